The molecule has 1 aromatic carbocycles. The monoisotopic (exact) mass is 375 g/mol. The zero-order valence-electron chi connectivity index (χ0n) is 16.1. The molecular weight excluding hydrogens is 349 g/mol. The minimum absolute atomic E-state index is 0.230. The molecule has 0 radical (unpaired) electrons. The molecule has 3 nitrogen and oxygen atoms in total. The van der Waals surface area contributed by atoms with Crippen molar-refractivity contribution in [3.05, 3.63) is 72.9 Å². The summed E-state index contributed by atoms with van der Waals surface area (Å²) in [7, 11) is 0. The van der Waals surface area contributed by atoms with Crippen molar-refractivity contribution in [3.8, 4) is 22.4 Å². The highest BCUT2D eigenvalue weighted by atomic mass is 19.1. The molecule has 0 unspecified atom stereocenters. The van der Waals surface area contributed by atoms with E-state index < -0.39 is 0 Å². The van der Waals surface area contributed by atoms with Gasteiger partial charge >= 0.3 is 0 Å². The molecule has 4 heteroatoms. The lowest BCUT2D eigenvalue weighted by Crippen LogP contribution is -2.30. The first-order valence-electron chi connectivity index (χ1n) is 10.0. The Hall–Kier alpha value is -2.72. The summed E-state index contributed by atoms with van der Waals surface area (Å²) in [4.78, 5) is 10.1. The molecule has 0 amide bonds. The molecule has 1 fully saturated rings. The number of nitrogens with zero attached hydrogens (tertiary/aromatic N) is 2. The van der Waals surface area contributed by atoms with Crippen LogP contribution in [0, 0.1) is 5.82 Å². The van der Waals surface area contributed by atoms with Crippen molar-refractivity contribution in [1.29, 1.82) is 0 Å². The summed E-state index contributed by atoms with van der Waals surface area (Å²) >= 11 is 0. The Morgan fingerprint density at radius 3 is 2.43 bits per heavy atom. The second kappa shape index (κ2) is 8.53. The van der Waals surface area contributed by atoms with Gasteiger partial charge in [0.1, 0.15) is 5.82 Å². The fourth-order valence-electron chi connectivity index (χ4n) is 3.98. The SMILES string of the molecule is C=C(CCN1CCCCC1)c1c[nH]c(-c2ccc(F)cc2)c1-c1ccncc1. The summed E-state index contributed by atoms with van der Waals surface area (Å²) in [6.07, 6.45) is 10.5. The number of likely N-dealkylation sites (tertiary alicyclic amines) is 1. The van der Waals surface area contributed by atoms with Gasteiger partial charge in [-0.1, -0.05) is 13.0 Å². The Morgan fingerprint density at radius 2 is 1.71 bits per heavy atom. The molecule has 3 aromatic rings. The maximum Gasteiger partial charge on any atom is 0.123 e. The van der Waals surface area contributed by atoms with E-state index in [4.69, 9.17) is 0 Å². The van der Waals surface area contributed by atoms with Gasteiger partial charge in [-0.25, -0.2) is 4.39 Å². The third-order valence-electron chi connectivity index (χ3n) is 5.54. The van der Waals surface area contributed by atoms with Crippen LogP contribution in [0.15, 0.2) is 61.6 Å². The summed E-state index contributed by atoms with van der Waals surface area (Å²) < 4.78 is 13.4. The van der Waals surface area contributed by atoms with Crippen molar-refractivity contribution in [2.45, 2.75) is 25.7 Å². The number of benzene rings is 1. The summed E-state index contributed by atoms with van der Waals surface area (Å²) in [5.74, 6) is -0.230. The predicted octanol–water partition coefficient (Wildman–Crippen LogP) is 5.77. The van der Waals surface area contributed by atoms with E-state index in [1.807, 2.05) is 30.5 Å². The predicted molar refractivity (Wildman–Crippen MR) is 113 cm³/mol. The van der Waals surface area contributed by atoms with Crippen LogP contribution in [-0.4, -0.2) is 34.5 Å². The average molecular weight is 375 g/mol. The van der Waals surface area contributed by atoms with E-state index in [1.54, 1.807) is 12.4 Å². The van der Waals surface area contributed by atoms with Crippen LogP contribution in [0.1, 0.15) is 31.2 Å². The molecule has 1 N–H and O–H groups in total. The van der Waals surface area contributed by atoms with Crippen LogP contribution < -0.4 is 0 Å². The molecule has 0 spiro atoms. The van der Waals surface area contributed by atoms with E-state index in [-0.39, 0.29) is 5.82 Å². The van der Waals surface area contributed by atoms with E-state index in [0.29, 0.717) is 0 Å². The van der Waals surface area contributed by atoms with Gasteiger partial charge < -0.3 is 9.88 Å². The lowest BCUT2D eigenvalue weighted by atomic mass is 9.94. The van der Waals surface area contributed by atoms with E-state index in [0.717, 1.165) is 46.5 Å². The summed E-state index contributed by atoms with van der Waals surface area (Å²) in [6, 6.07) is 10.6. The third kappa shape index (κ3) is 4.07. The fourth-order valence-corrected chi connectivity index (χ4v) is 3.98. The first kappa shape index (κ1) is 18.6. The number of rotatable bonds is 6. The quantitative estimate of drug-likeness (QED) is 0.593. The number of hydrogen-bond acceptors (Lipinski definition) is 2. The van der Waals surface area contributed by atoms with Gasteiger partial charge in [0, 0.05) is 36.3 Å². The van der Waals surface area contributed by atoms with E-state index in [1.165, 1.54) is 44.5 Å². The molecule has 4 rings (SSSR count). The molecule has 1 aliphatic heterocycles. The maximum absolute atomic E-state index is 13.4. The highest BCUT2D eigenvalue weighted by molar-refractivity contribution is 5.90. The van der Waals surface area contributed by atoms with Gasteiger partial charge in [-0.15, -0.1) is 0 Å². The van der Waals surface area contributed by atoms with Gasteiger partial charge in [-0.05, 0) is 85.5 Å². The smallest absolute Gasteiger partial charge is 0.123 e. The van der Waals surface area contributed by atoms with Crippen LogP contribution in [0.4, 0.5) is 4.39 Å². The first-order chi connectivity index (χ1) is 13.7. The summed E-state index contributed by atoms with van der Waals surface area (Å²) in [5, 5.41) is 0. The van der Waals surface area contributed by atoms with Gasteiger partial charge in [0.15, 0.2) is 0 Å². The number of pyridine rings is 1. The number of H-pyrrole nitrogens is 1. The topological polar surface area (TPSA) is 31.9 Å². The number of aromatic amines is 1. The molecule has 3 heterocycles. The van der Waals surface area contributed by atoms with Gasteiger partial charge in [0.25, 0.3) is 0 Å². The van der Waals surface area contributed by atoms with Gasteiger partial charge in [-0.3, -0.25) is 4.98 Å². The molecule has 2 aromatic heterocycles. The van der Waals surface area contributed by atoms with Gasteiger partial charge in [0.2, 0.25) is 0 Å². The lowest BCUT2D eigenvalue weighted by molar-refractivity contribution is 0.234. The number of nitrogens with one attached hydrogen (secondary N) is 1. The van der Waals surface area contributed by atoms with Crippen LogP contribution in [-0.2, 0) is 0 Å². The van der Waals surface area contributed by atoms with Crippen molar-refractivity contribution in [3.63, 3.8) is 0 Å². The standard InChI is InChI=1S/C24H26FN3/c1-18(11-16-28-14-3-2-4-15-28)22-17-27-24(20-5-7-21(25)8-6-20)23(22)19-9-12-26-13-10-19/h5-10,12-13,17,27H,1-4,11,14-16H2. The number of aromatic nitrogens is 2. The van der Waals surface area contributed by atoms with E-state index in [2.05, 4.69) is 21.4 Å². The molecule has 28 heavy (non-hydrogen) atoms. The average Bonchev–Trinajstić information content (AvgIpc) is 3.19. The van der Waals surface area contributed by atoms with Crippen molar-refractivity contribution >= 4 is 5.57 Å². The van der Waals surface area contributed by atoms with Crippen molar-refractivity contribution in [1.82, 2.24) is 14.9 Å². The number of hydrogen-bond donors (Lipinski definition) is 1. The summed E-state index contributed by atoms with van der Waals surface area (Å²) in [6.45, 7) is 7.83. The second-order valence-electron chi connectivity index (χ2n) is 7.45. The van der Waals surface area contributed by atoms with Crippen LogP contribution in [0.25, 0.3) is 28.0 Å². The Kier molecular flexibility index (Phi) is 5.68. The van der Waals surface area contributed by atoms with Crippen molar-refractivity contribution < 1.29 is 4.39 Å². The Morgan fingerprint density at radius 1 is 1.00 bits per heavy atom. The van der Waals surface area contributed by atoms with Crippen LogP contribution in [0.5, 0.6) is 0 Å². The Balaban J connectivity index is 1.65. The molecule has 0 aliphatic carbocycles. The molecule has 0 saturated carbocycles. The molecule has 1 aliphatic rings. The molecule has 0 bridgehead atoms. The molecular formula is C24H26FN3. The van der Waals surface area contributed by atoms with Gasteiger partial charge in [0.05, 0.1) is 5.69 Å². The molecule has 144 valence electrons. The zero-order chi connectivity index (χ0) is 19.3. The first-order valence-corrected chi connectivity index (χ1v) is 10.0. The highest BCUT2D eigenvalue weighted by Gasteiger charge is 2.18. The number of piperidine rings is 1. The fraction of sp³-hybridized carbons (Fsp3) is 0.292. The maximum atomic E-state index is 13.4. The van der Waals surface area contributed by atoms with E-state index >= 15 is 0 Å². The van der Waals surface area contributed by atoms with Crippen molar-refractivity contribution in [2.75, 3.05) is 19.6 Å². The normalized spacial score (nSPS) is 14.9. The lowest BCUT2D eigenvalue weighted by Gasteiger charge is -2.26. The molecule has 0 atom stereocenters. The Labute approximate surface area is 165 Å². The minimum atomic E-state index is -0.230. The minimum Gasteiger partial charge on any atom is -0.360 e. The Bertz CT molecular complexity index is 922. The molecule has 1 saturated heterocycles. The summed E-state index contributed by atoms with van der Waals surface area (Å²) in [5.41, 5.74) is 6.40. The van der Waals surface area contributed by atoms with Crippen LogP contribution >= 0.6 is 0 Å². The van der Waals surface area contributed by atoms with Crippen LogP contribution in [0.2, 0.25) is 0 Å². The van der Waals surface area contributed by atoms with Gasteiger partial charge in [-0.2, -0.15) is 0 Å². The zero-order valence-corrected chi connectivity index (χ0v) is 16.1. The second-order valence-corrected chi connectivity index (χ2v) is 7.45. The third-order valence-corrected chi connectivity index (χ3v) is 5.54. The number of halogens is 1. The largest absolute Gasteiger partial charge is 0.360 e. The van der Waals surface area contributed by atoms with Crippen LogP contribution in [0.3, 0.4) is 0 Å². The van der Waals surface area contributed by atoms with Crippen molar-refractivity contribution in [2.24, 2.45) is 0 Å². The van der Waals surface area contributed by atoms with E-state index in [9.17, 15) is 4.39 Å². The highest BCUT2D eigenvalue weighted by Crippen LogP contribution is 2.38.